The summed E-state index contributed by atoms with van der Waals surface area (Å²) in [7, 11) is 1.63. The third kappa shape index (κ3) is 3.06. The molecule has 0 bridgehead atoms. The number of rotatable bonds is 4. The molecule has 0 saturated carbocycles. The second-order valence-electron chi connectivity index (χ2n) is 5.43. The van der Waals surface area contributed by atoms with Crippen molar-refractivity contribution in [2.24, 2.45) is 7.05 Å². The third-order valence-electron chi connectivity index (χ3n) is 3.98. The summed E-state index contributed by atoms with van der Waals surface area (Å²) in [6.07, 6.45) is 0. The summed E-state index contributed by atoms with van der Waals surface area (Å²) in [4.78, 5) is 31.9. The minimum Gasteiger partial charge on any atom is -0.338 e. The summed E-state index contributed by atoms with van der Waals surface area (Å²) in [6.45, 7) is 10.7. The Kier molecular flexibility index (Phi) is 4.99. The highest BCUT2D eigenvalue weighted by Gasteiger charge is 2.23. The van der Waals surface area contributed by atoms with Crippen molar-refractivity contribution in [2.75, 3.05) is 13.1 Å². The van der Waals surface area contributed by atoms with Crippen LogP contribution in [0.4, 0.5) is 0 Å². The van der Waals surface area contributed by atoms with E-state index in [2.05, 4.69) is 10.1 Å². The zero-order chi connectivity index (χ0) is 17.3. The molecule has 23 heavy (non-hydrogen) atoms. The maximum absolute atomic E-state index is 12.6. The van der Waals surface area contributed by atoms with E-state index in [0.717, 1.165) is 11.3 Å². The quantitative estimate of drug-likeness (QED) is 0.860. The molecule has 0 aliphatic heterocycles. The number of hydrogen-bond acceptors (Lipinski definition) is 5. The number of amides is 1. The van der Waals surface area contributed by atoms with Crippen LogP contribution >= 0.6 is 11.3 Å². The maximum Gasteiger partial charge on any atom is 0.277 e. The van der Waals surface area contributed by atoms with Gasteiger partial charge < -0.3 is 4.90 Å². The van der Waals surface area contributed by atoms with E-state index in [1.807, 2.05) is 34.6 Å². The molecule has 2 aromatic rings. The van der Waals surface area contributed by atoms with Crippen molar-refractivity contribution in [3.63, 3.8) is 0 Å². The lowest BCUT2D eigenvalue weighted by molar-refractivity contribution is 0.0777. The number of hydrogen-bond donors (Lipinski definition) is 0. The van der Waals surface area contributed by atoms with Crippen molar-refractivity contribution in [2.45, 2.75) is 34.6 Å². The second kappa shape index (κ2) is 6.62. The van der Waals surface area contributed by atoms with E-state index >= 15 is 0 Å². The summed E-state index contributed by atoms with van der Waals surface area (Å²) < 4.78 is 1.32. The fraction of sp³-hybridized carbons (Fsp3) is 0.500. The molecular formula is C16H22N4O2S. The highest BCUT2D eigenvalue weighted by atomic mass is 32.1. The summed E-state index contributed by atoms with van der Waals surface area (Å²) in [5, 5.41) is 4.77. The topological polar surface area (TPSA) is 68.1 Å². The fourth-order valence-corrected chi connectivity index (χ4v) is 3.58. The average molecular weight is 334 g/mol. The minimum absolute atomic E-state index is 0.0310. The van der Waals surface area contributed by atoms with Crippen LogP contribution in [0, 0.1) is 20.8 Å². The normalized spacial score (nSPS) is 10.9. The number of carbonyl (C=O) groups excluding carboxylic acids is 1. The molecule has 2 aromatic heterocycles. The van der Waals surface area contributed by atoms with Gasteiger partial charge in [-0.1, -0.05) is 0 Å². The highest BCUT2D eigenvalue weighted by molar-refractivity contribution is 7.17. The van der Waals surface area contributed by atoms with Crippen LogP contribution in [0.2, 0.25) is 0 Å². The van der Waals surface area contributed by atoms with Gasteiger partial charge in [-0.25, -0.2) is 9.67 Å². The van der Waals surface area contributed by atoms with E-state index in [0.29, 0.717) is 34.2 Å². The van der Waals surface area contributed by atoms with Gasteiger partial charge in [0.25, 0.3) is 11.5 Å². The van der Waals surface area contributed by atoms with Crippen LogP contribution in [-0.4, -0.2) is 38.7 Å². The smallest absolute Gasteiger partial charge is 0.277 e. The summed E-state index contributed by atoms with van der Waals surface area (Å²) >= 11 is 1.28. The summed E-state index contributed by atoms with van der Waals surface area (Å²) in [5.74, 6) is -0.0310. The third-order valence-corrected chi connectivity index (χ3v) is 5.14. The molecule has 2 heterocycles. The van der Waals surface area contributed by atoms with Crippen molar-refractivity contribution in [3.05, 3.63) is 32.2 Å². The van der Waals surface area contributed by atoms with Crippen molar-refractivity contribution >= 4 is 17.2 Å². The molecular weight excluding hydrogens is 312 g/mol. The molecule has 0 spiro atoms. The molecule has 124 valence electrons. The lowest BCUT2D eigenvalue weighted by atomic mass is 10.1. The van der Waals surface area contributed by atoms with E-state index < -0.39 is 0 Å². The molecule has 0 fully saturated rings. The van der Waals surface area contributed by atoms with Gasteiger partial charge in [0.1, 0.15) is 9.88 Å². The monoisotopic (exact) mass is 334 g/mol. The van der Waals surface area contributed by atoms with Crippen molar-refractivity contribution in [3.8, 4) is 10.6 Å². The zero-order valence-electron chi connectivity index (χ0n) is 14.4. The van der Waals surface area contributed by atoms with Crippen LogP contribution in [-0.2, 0) is 7.05 Å². The molecule has 0 N–H and O–H groups in total. The van der Waals surface area contributed by atoms with Crippen molar-refractivity contribution in [1.82, 2.24) is 19.7 Å². The number of carbonyl (C=O) groups is 1. The van der Waals surface area contributed by atoms with Gasteiger partial charge in [-0.05, 0) is 40.2 Å². The molecule has 1 amide bonds. The summed E-state index contributed by atoms with van der Waals surface area (Å²) in [5.41, 5.74) is 2.60. The first-order chi connectivity index (χ1) is 10.8. The lowest BCUT2D eigenvalue weighted by Gasteiger charge is -2.17. The first kappa shape index (κ1) is 17.3. The van der Waals surface area contributed by atoms with Crippen LogP contribution in [0.15, 0.2) is 4.79 Å². The Bertz CT molecular complexity index is 803. The van der Waals surface area contributed by atoms with Crippen LogP contribution in [0.25, 0.3) is 10.6 Å². The molecule has 7 heteroatoms. The summed E-state index contributed by atoms with van der Waals surface area (Å²) in [6, 6.07) is 0. The Morgan fingerprint density at radius 1 is 1.17 bits per heavy atom. The fourth-order valence-electron chi connectivity index (χ4n) is 2.46. The Labute approximate surface area is 139 Å². The second-order valence-corrected chi connectivity index (χ2v) is 6.42. The largest absolute Gasteiger partial charge is 0.338 e. The molecule has 0 aliphatic carbocycles. The highest BCUT2D eigenvalue weighted by Crippen LogP contribution is 2.29. The van der Waals surface area contributed by atoms with Crippen LogP contribution in [0.3, 0.4) is 0 Å². The maximum atomic E-state index is 12.6. The predicted molar refractivity (Wildman–Crippen MR) is 92.0 cm³/mol. The van der Waals surface area contributed by atoms with Gasteiger partial charge in [0.05, 0.1) is 17.0 Å². The molecule has 0 radical (unpaired) electrons. The Morgan fingerprint density at radius 3 is 2.35 bits per heavy atom. The standard InChI is InChI=1S/C16H22N4O2S/c1-7-20(8-2)16(22)13-11(5)17-14(23-13)12-9(3)10(4)18-19(6)15(12)21/h7-8H2,1-6H3. The van der Waals surface area contributed by atoms with Gasteiger partial charge in [0.15, 0.2) is 0 Å². The van der Waals surface area contributed by atoms with E-state index in [1.165, 1.54) is 16.0 Å². The first-order valence-corrected chi connectivity index (χ1v) is 8.44. The van der Waals surface area contributed by atoms with Crippen LogP contribution in [0.5, 0.6) is 0 Å². The number of thiazole rings is 1. The Balaban J connectivity index is 2.59. The van der Waals surface area contributed by atoms with E-state index in [4.69, 9.17) is 0 Å². The molecule has 2 rings (SSSR count). The molecule has 0 aromatic carbocycles. The van der Waals surface area contributed by atoms with Gasteiger partial charge in [-0.3, -0.25) is 9.59 Å². The number of nitrogens with zero attached hydrogens (tertiary/aromatic N) is 4. The molecule has 0 unspecified atom stereocenters. The van der Waals surface area contributed by atoms with E-state index in [1.54, 1.807) is 11.9 Å². The van der Waals surface area contributed by atoms with Crippen LogP contribution < -0.4 is 5.56 Å². The Hall–Kier alpha value is -2.02. The molecule has 0 saturated heterocycles. The number of aromatic nitrogens is 3. The molecule has 0 aliphatic rings. The van der Waals surface area contributed by atoms with E-state index in [9.17, 15) is 9.59 Å². The van der Waals surface area contributed by atoms with Gasteiger partial charge in [0.2, 0.25) is 0 Å². The lowest BCUT2D eigenvalue weighted by Crippen LogP contribution is -2.30. The van der Waals surface area contributed by atoms with Crippen LogP contribution in [0.1, 0.15) is 40.5 Å². The number of aryl methyl sites for hydroxylation is 3. The van der Waals surface area contributed by atoms with E-state index in [-0.39, 0.29) is 11.5 Å². The minimum atomic E-state index is -0.191. The van der Waals surface area contributed by atoms with Crippen molar-refractivity contribution < 1.29 is 4.79 Å². The van der Waals surface area contributed by atoms with Crippen molar-refractivity contribution in [1.29, 1.82) is 0 Å². The van der Waals surface area contributed by atoms with Gasteiger partial charge in [-0.2, -0.15) is 5.10 Å². The van der Waals surface area contributed by atoms with Gasteiger partial charge >= 0.3 is 0 Å². The Morgan fingerprint density at radius 2 is 1.78 bits per heavy atom. The molecule has 6 nitrogen and oxygen atoms in total. The first-order valence-electron chi connectivity index (χ1n) is 7.63. The van der Waals surface area contributed by atoms with Gasteiger partial charge in [0, 0.05) is 20.1 Å². The predicted octanol–water partition coefficient (Wildman–Crippen LogP) is 2.31. The average Bonchev–Trinajstić information content (AvgIpc) is 2.88. The van der Waals surface area contributed by atoms with Gasteiger partial charge in [-0.15, -0.1) is 11.3 Å². The zero-order valence-corrected chi connectivity index (χ0v) is 15.2. The SMILES string of the molecule is CCN(CC)C(=O)c1sc(-c2c(C)c(C)nn(C)c2=O)nc1C. The molecule has 0 atom stereocenters.